The fourth-order valence-corrected chi connectivity index (χ4v) is 2.60. The minimum absolute atomic E-state index is 0.161. The number of rotatable bonds is 7. The summed E-state index contributed by atoms with van der Waals surface area (Å²) in [5.41, 5.74) is 1.21. The van der Waals surface area contributed by atoms with Crippen molar-refractivity contribution in [3.63, 3.8) is 0 Å². The molecule has 0 aliphatic carbocycles. The van der Waals surface area contributed by atoms with Gasteiger partial charge in [-0.3, -0.25) is 0 Å². The van der Waals surface area contributed by atoms with E-state index in [-0.39, 0.29) is 6.04 Å². The summed E-state index contributed by atoms with van der Waals surface area (Å²) in [7, 11) is 0. The second-order valence-electron chi connectivity index (χ2n) is 4.70. The molecule has 0 bridgehead atoms. The molecule has 0 aliphatic rings. The average Bonchev–Trinajstić information content (AvgIpc) is 2.84. The van der Waals surface area contributed by atoms with Crippen molar-refractivity contribution in [1.82, 2.24) is 5.32 Å². The summed E-state index contributed by atoms with van der Waals surface area (Å²) in [4.78, 5) is 0. The Balaban J connectivity index is 1.91. The van der Waals surface area contributed by atoms with Gasteiger partial charge in [0.15, 0.2) is 0 Å². The molecule has 3 nitrogen and oxygen atoms in total. The highest BCUT2D eigenvalue weighted by Crippen LogP contribution is 2.27. The van der Waals surface area contributed by atoms with Crippen LogP contribution in [0.3, 0.4) is 0 Å². The van der Waals surface area contributed by atoms with Crippen LogP contribution in [0.25, 0.3) is 0 Å². The van der Waals surface area contributed by atoms with Gasteiger partial charge in [0, 0.05) is 6.42 Å². The molecule has 0 fully saturated rings. The van der Waals surface area contributed by atoms with Gasteiger partial charge in [0.25, 0.3) is 0 Å². The maximum Gasteiger partial charge on any atom is 0.134 e. The molecular formula is C16H20BrNO2. The van der Waals surface area contributed by atoms with Crippen LogP contribution in [0.4, 0.5) is 0 Å². The predicted molar refractivity (Wildman–Crippen MR) is 84.1 cm³/mol. The van der Waals surface area contributed by atoms with E-state index in [1.54, 1.807) is 6.26 Å². The standard InChI is InChI=1S/C16H20BrNO2/c1-3-18-15(16-14(17)7-9-20-16)8-10-19-13-6-4-5-12(2)11-13/h4-7,9,11,15,18H,3,8,10H2,1-2H3. The lowest BCUT2D eigenvalue weighted by molar-refractivity contribution is 0.274. The van der Waals surface area contributed by atoms with Gasteiger partial charge >= 0.3 is 0 Å². The second-order valence-corrected chi connectivity index (χ2v) is 5.55. The molecule has 20 heavy (non-hydrogen) atoms. The Bertz CT molecular complexity index is 539. The zero-order valence-corrected chi connectivity index (χ0v) is 13.4. The van der Waals surface area contributed by atoms with Crippen molar-refractivity contribution < 1.29 is 9.15 Å². The average molecular weight is 338 g/mol. The van der Waals surface area contributed by atoms with Crippen LogP contribution >= 0.6 is 15.9 Å². The second kappa shape index (κ2) is 7.50. The van der Waals surface area contributed by atoms with E-state index < -0.39 is 0 Å². The van der Waals surface area contributed by atoms with E-state index in [2.05, 4.69) is 41.2 Å². The SMILES string of the molecule is CCNC(CCOc1cccc(C)c1)c1occc1Br. The molecule has 0 aliphatic heterocycles. The van der Waals surface area contributed by atoms with E-state index in [9.17, 15) is 0 Å². The van der Waals surface area contributed by atoms with Crippen molar-refractivity contribution in [1.29, 1.82) is 0 Å². The van der Waals surface area contributed by atoms with E-state index in [1.807, 2.05) is 24.3 Å². The highest BCUT2D eigenvalue weighted by Gasteiger charge is 2.16. The van der Waals surface area contributed by atoms with Gasteiger partial charge < -0.3 is 14.5 Å². The van der Waals surface area contributed by atoms with Gasteiger partial charge in [-0.1, -0.05) is 19.1 Å². The topological polar surface area (TPSA) is 34.4 Å². The normalized spacial score (nSPS) is 12.3. The van der Waals surface area contributed by atoms with Crippen LogP contribution in [-0.4, -0.2) is 13.2 Å². The van der Waals surface area contributed by atoms with Gasteiger partial charge in [-0.05, 0) is 53.2 Å². The molecule has 108 valence electrons. The fourth-order valence-electron chi connectivity index (χ4n) is 2.13. The van der Waals surface area contributed by atoms with Crippen molar-refractivity contribution in [2.45, 2.75) is 26.3 Å². The summed E-state index contributed by atoms with van der Waals surface area (Å²) in [5.74, 6) is 1.85. The molecule has 2 rings (SSSR count). The maximum atomic E-state index is 5.80. The van der Waals surface area contributed by atoms with Gasteiger partial charge in [-0.2, -0.15) is 0 Å². The predicted octanol–water partition coefficient (Wildman–Crippen LogP) is 4.47. The molecule has 1 aromatic heterocycles. The lowest BCUT2D eigenvalue weighted by Gasteiger charge is -2.16. The number of nitrogens with one attached hydrogen (secondary N) is 1. The van der Waals surface area contributed by atoms with Crippen LogP contribution in [0.5, 0.6) is 5.75 Å². The van der Waals surface area contributed by atoms with Crippen LogP contribution in [0.1, 0.15) is 30.7 Å². The molecule has 1 unspecified atom stereocenters. The molecule has 1 aromatic carbocycles. The molecule has 1 heterocycles. The van der Waals surface area contributed by atoms with Crippen molar-refractivity contribution in [2.75, 3.05) is 13.2 Å². The van der Waals surface area contributed by atoms with E-state index in [4.69, 9.17) is 9.15 Å². The molecular weight excluding hydrogens is 318 g/mol. The van der Waals surface area contributed by atoms with Gasteiger partial charge in [-0.15, -0.1) is 0 Å². The van der Waals surface area contributed by atoms with Crippen molar-refractivity contribution in [3.05, 3.63) is 52.4 Å². The van der Waals surface area contributed by atoms with Crippen LogP contribution < -0.4 is 10.1 Å². The fraction of sp³-hybridized carbons (Fsp3) is 0.375. The van der Waals surface area contributed by atoms with Crippen molar-refractivity contribution >= 4 is 15.9 Å². The van der Waals surface area contributed by atoms with Crippen LogP contribution in [-0.2, 0) is 0 Å². The first-order valence-electron chi connectivity index (χ1n) is 6.86. The Hall–Kier alpha value is -1.26. The minimum Gasteiger partial charge on any atom is -0.494 e. The molecule has 0 amide bonds. The van der Waals surface area contributed by atoms with Crippen molar-refractivity contribution in [2.24, 2.45) is 0 Å². The number of halogens is 1. The Kier molecular flexibility index (Phi) is 5.68. The molecule has 1 N–H and O–H groups in total. The molecule has 1 atom stereocenters. The zero-order chi connectivity index (χ0) is 14.4. The number of benzene rings is 1. The van der Waals surface area contributed by atoms with E-state index >= 15 is 0 Å². The Labute approximate surface area is 128 Å². The lowest BCUT2D eigenvalue weighted by Crippen LogP contribution is -2.22. The quantitative estimate of drug-likeness (QED) is 0.809. The van der Waals surface area contributed by atoms with Crippen LogP contribution in [0.15, 0.2) is 45.5 Å². The summed E-state index contributed by atoms with van der Waals surface area (Å²) in [6.45, 7) is 5.69. The first kappa shape index (κ1) is 15.1. The first-order valence-corrected chi connectivity index (χ1v) is 7.65. The number of hydrogen-bond acceptors (Lipinski definition) is 3. The highest BCUT2D eigenvalue weighted by atomic mass is 79.9. The summed E-state index contributed by atoms with van der Waals surface area (Å²) in [6.07, 6.45) is 2.55. The molecule has 0 radical (unpaired) electrons. The third kappa shape index (κ3) is 4.12. The van der Waals surface area contributed by atoms with E-state index in [1.165, 1.54) is 5.56 Å². The zero-order valence-electron chi connectivity index (χ0n) is 11.9. The third-order valence-electron chi connectivity index (χ3n) is 3.08. The molecule has 0 saturated heterocycles. The van der Waals surface area contributed by atoms with Gasteiger partial charge in [0.05, 0.1) is 23.4 Å². The summed E-state index contributed by atoms with van der Waals surface area (Å²) < 4.78 is 12.3. The first-order chi connectivity index (χ1) is 9.70. The van der Waals surface area contributed by atoms with Gasteiger partial charge in [0.2, 0.25) is 0 Å². The van der Waals surface area contributed by atoms with Crippen LogP contribution in [0.2, 0.25) is 0 Å². The van der Waals surface area contributed by atoms with Gasteiger partial charge in [-0.25, -0.2) is 0 Å². The Morgan fingerprint density at radius 1 is 1.35 bits per heavy atom. The minimum atomic E-state index is 0.161. The number of hydrogen-bond donors (Lipinski definition) is 1. The number of furan rings is 1. The molecule has 0 spiro atoms. The number of aryl methyl sites for hydroxylation is 1. The number of ether oxygens (including phenoxy) is 1. The Morgan fingerprint density at radius 2 is 2.20 bits per heavy atom. The van der Waals surface area contributed by atoms with E-state index in [0.29, 0.717) is 6.61 Å². The molecule has 4 heteroatoms. The summed E-state index contributed by atoms with van der Waals surface area (Å²) >= 11 is 3.51. The summed E-state index contributed by atoms with van der Waals surface area (Å²) in [6, 6.07) is 10.2. The smallest absolute Gasteiger partial charge is 0.134 e. The third-order valence-corrected chi connectivity index (χ3v) is 3.73. The largest absolute Gasteiger partial charge is 0.494 e. The van der Waals surface area contributed by atoms with Crippen molar-refractivity contribution in [3.8, 4) is 5.75 Å². The monoisotopic (exact) mass is 337 g/mol. The Morgan fingerprint density at radius 3 is 2.85 bits per heavy atom. The van der Waals surface area contributed by atoms with E-state index in [0.717, 1.165) is 28.9 Å². The molecule has 0 saturated carbocycles. The maximum absolute atomic E-state index is 5.80. The lowest BCUT2D eigenvalue weighted by atomic mass is 10.1. The summed E-state index contributed by atoms with van der Waals surface area (Å²) in [5, 5.41) is 3.42. The van der Waals surface area contributed by atoms with Gasteiger partial charge in [0.1, 0.15) is 11.5 Å². The highest BCUT2D eigenvalue weighted by molar-refractivity contribution is 9.10. The molecule has 2 aromatic rings. The van der Waals surface area contributed by atoms with Crippen LogP contribution in [0, 0.1) is 6.92 Å².